The molecule has 0 spiro atoms. The van der Waals surface area contributed by atoms with Gasteiger partial charge < -0.3 is 20.5 Å². The average Bonchev–Trinajstić information content (AvgIpc) is 2.36. The summed E-state index contributed by atoms with van der Waals surface area (Å²) in [5.41, 5.74) is 6.34. The monoisotopic (exact) mass is 342 g/mol. The van der Waals surface area contributed by atoms with Gasteiger partial charge in [-0.25, -0.2) is 0 Å². The minimum atomic E-state index is -0.481. The summed E-state index contributed by atoms with van der Waals surface area (Å²) in [7, 11) is 0. The van der Waals surface area contributed by atoms with Gasteiger partial charge in [-0.15, -0.1) is 0 Å². The number of carbonyl (C=O) groups is 1. The van der Waals surface area contributed by atoms with Crippen molar-refractivity contribution in [3.8, 4) is 0 Å². The Labute approximate surface area is 126 Å². The Balaban J connectivity index is 2.23. The number of aliphatic hydroxyl groups excluding tert-OH is 1. The lowest BCUT2D eigenvalue weighted by Crippen LogP contribution is -2.55. The Bertz CT molecular complexity index is 519. The second kappa shape index (κ2) is 5.71. The number of anilines is 1. The van der Waals surface area contributed by atoms with Crippen LogP contribution < -0.4 is 5.73 Å². The predicted octanol–water partition coefficient (Wildman–Crippen LogP) is 1.64. The van der Waals surface area contributed by atoms with Crippen molar-refractivity contribution in [2.24, 2.45) is 0 Å². The van der Waals surface area contributed by atoms with E-state index in [2.05, 4.69) is 15.9 Å². The molecule has 1 aliphatic rings. The lowest BCUT2D eigenvalue weighted by molar-refractivity contribution is -0.139. The van der Waals surface area contributed by atoms with Crippen molar-refractivity contribution in [1.29, 1.82) is 0 Å². The van der Waals surface area contributed by atoms with Gasteiger partial charge in [0.25, 0.3) is 5.91 Å². The topological polar surface area (TPSA) is 75.8 Å². The van der Waals surface area contributed by atoms with Gasteiger partial charge in [0, 0.05) is 23.2 Å². The largest absolute Gasteiger partial charge is 0.398 e. The molecule has 1 heterocycles. The number of ether oxygens (including phenoxy) is 1. The number of nitrogens with zero attached hydrogens (tertiary/aromatic N) is 1. The molecule has 1 aromatic rings. The molecule has 1 unspecified atom stereocenters. The van der Waals surface area contributed by atoms with Crippen LogP contribution in [-0.4, -0.2) is 47.3 Å². The highest BCUT2D eigenvalue weighted by molar-refractivity contribution is 9.10. The van der Waals surface area contributed by atoms with Gasteiger partial charge in [-0.3, -0.25) is 4.79 Å². The van der Waals surface area contributed by atoms with Crippen molar-refractivity contribution in [2.45, 2.75) is 25.6 Å². The maximum Gasteiger partial charge on any atom is 0.256 e. The van der Waals surface area contributed by atoms with E-state index in [9.17, 15) is 9.90 Å². The maximum absolute atomic E-state index is 12.6. The zero-order valence-corrected chi connectivity index (χ0v) is 13.2. The standard InChI is InChI=1S/C14H19BrN2O3/c1-14(2)8-17(6-10(7-18)20-14)13(19)11-4-3-9(15)5-12(11)16/h3-5,10,18H,6-8,16H2,1-2H3. The van der Waals surface area contributed by atoms with Crippen LogP contribution in [0.1, 0.15) is 24.2 Å². The number of morpholine rings is 1. The third-order valence-corrected chi connectivity index (χ3v) is 3.71. The van der Waals surface area contributed by atoms with E-state index in [0.717, 1.165) is 4.47 Å². The van der Waals surface area contributed by atoms with E-state index in [1.165, 1.54) is 0 Å². The fourth-order valence-corrected chi connectivity index (χ4v) is 2.82. The van der Waals surface area contributed by atoms with Crippen LogP contribution in [-0.2, 0) is 4.74 Å². The predicted molar refractivity (Wildman–Crippen MR) is 80.5 cm³/mol. The molecule has 1 aromatic carbocycles. The molecule has 3 N–H and O–H groups in total. The number of halogens is 1. The summed E-state index contributed by atoms with van der Waals surface area (Å²) in [6.07, 6.45) is -0.362. The van der Waals surface area contributed by atoms with Crippen LogP contribution in [0.25, 0.3) is 0 Å². The second-order valence-corrected chi connectivity index (χ2v) is 6.52. The number of nitrogen functional groups attached to an aromatic ring is 1. The Morgan fingerprint density at radius 3 is 2.90 bits per heavy atom. The van der Waals surface area contributed by atoms with Crippen molar-refractivity contribution in [3.63, 3.8) is 0 Å². The van der Waals surface area contributed by atoms with E-state index in [-0.39, 0.29) is 18.6 Å². The molecule has 1 aliphatic heterocycles. The molecular weight excluding hydrogens is 324 g/mol. The number of hydrogen-bond donors (Lipinski definition) is 2. The zero-order valence-electron chi connectivity index (χ0n) is 11.6. The van der Waals surface area contributed by atoms with Crippen molar-refractivity contribution in [1.82, 2.24) is 4.90 Å². The molecule has 0 saturated carbocycles. The highest BCUT2D eigenvalue weighted by Gasteiger charge is 2.35. The summed E-state index contributed by atoms with van der Waals surface area (Å²) in [4.78, 5) is 14.3. The molecule has 0 radical (unpaired) electrons. The van der Waals surface area contributed by atoms with Gasteiger partial charge in [0.1, 0.15) is 0 Å². The highest BCUT2D eigenvalue weighted by Crippen LogP contribution is 2.25. The smallest absolute Gasteiger partial charge is 0.256 e. The molecule has 0 aromatic heterocycles. The van der Waals surface area contributed by atoms with Crippen molar-refractivity contribution in [3.05, 3.63) is 28.2 Å². The average molecular weight is 343 g/mol. The number of nitrogens with two attached hydrogens (primary N) is 1. The minimum Gasteiger partial charge on any atom is -0.398 e. The summed E-state index contributed by atoms with van der Waals surface area (Å²) in [5, 5.41) is 9.29. The fourth-order valence-electron chi connectivity index (χ4n) is 2.44. The summed E-state index contributed by atoms with van der Waals surface area (Å²) in [6.45, 7) is 4.54. The SMILES string of the molecule is CC1(C)CN(C(=O)c2ccc(Br)cc2N)CC(CO)O1. The van der Waals surface area contributed by atoms with Gasteiger partial charge in [0.05, 0.1) is 23.9 Å². The van der Waals surface area contributed by atoms with Crippen LogP contribution in [0.5, 0.6) is 0 Å². The van der Waals surface area contributed by atoms with Gasteiger partial charge in [-0.05, 0) is 32.0 Å². The summed E-state index contributed by atoms with van der Waals surface area (Å²) < 4.78 is 6.54. The Hall–Kier alpha value is -1.11. The van der Waals surface area contributed by atoms with Crippen LogP contribution in [0, 0.1) is 0 Å². The first-order valence-corrected chi connectivity index (χ1v) is 7.24. The second-order valence-electron chi connectivity index (χ2n) is 5.60. The third kappa shape index (κ3) is 3.31. The quantitative estimate of drug-likeness (QED) is 0.801. The first-order chi connectivity index (χ1) is 9.32. The molecule has 2 rings (SSSR count). The number of carbonyl (C=O) groups excluding carboxylic acids is 1. The van der Waals surface area contributed by atoms with Gasteiger partial charge in [0.15, 0.2) is 0 Å². The number of rotatable bonds is 2. The molecule has 1 fully saturated rings. The number of benzene rings is 1. The van der Waals surface area contributed by atoms with Gasteiger partial charge in [-0.1, -0.05) is 15.9 Å². The zero-order chi connectivity index (χ0) is 14.9. The first-order valence-electron chi connectivity index (χ1n) is 6.45. The van der Waals surface area contributed by atoms with Crippen LogP contribution in [0.4, 0.5) is 5.69 Å². The molecule has 0 aliphatic carbocycles. The molecule has 6 heteroatoms. The van der Waals surface area contributed by atoms with E-state index in [4.69, 9.17) is 10.5 Å². The molecule has 1 atom stereocenters. The Kier molecular flexibility index (Phi) is 4.36. The van der Waals surface area contributed by atoms with Crippen LogP contribution in [0.2, 0.25) is 0 Å². The third-order valence-electron chi connectivity index (χ3n) is 3.22. The molecule has 20 heavy (non-hydrogen) atoms. The van der Waals surface area contributed by atoms with Crippen LogP contribution >= 0.6 is 15.9 Å². The van der Waals surface area contributed by atoms with E-state index >= 15 is 0 Å². The van der Waals surface area contributed by atoms with Gasteiger partial charge in [-0.2, -0.15) is 0 Å². The fraction of sp³-hybridized carbons (Fsp3) is 0.500. The van der Waals surface area contributed by atoms with E-state index in [0.29, 0.717) is 24.3 Å². The molecule has 5 nitrogen and oxygen atoms in total. The number of hydrogen-bond acceptors (Lipinski definition) is 4. The maximum atomic E-state index is 12.6. The normalized spacial score (nSPS) is 21.8. The van der Waals surface area contributed by atoms with Crippen LogP contribution in [0.15, 0.2) is 22.7 Å². The lowest BCUT2D eigenvalue weighted by atomic mass is 10.0. The van der Waals surface area contributed by atoms with E-state index in [1.54, 1.807) is 23.1 Å². The molecular formula is C14H19BrN2O3. The Morgan fingerprint density at radius 1 is 1.60 bits per heavy atom. The van der Waals surface area contributed by atoms with Crippen molar-refractivity contribution >= 4 is 27.5 Å². The number of amides is 1. The summed E-state index contributed by atoms with van der Waals surface area (Å²) in [5.74, 6) is -0.134. The number of aliphatic hydroxyl groups is 1. The molecule has 0 bridgehead atoms. The molecule has 1 saturated heterocycles. The summed E-state index contributed by atoms with van der Waals surface area (Å²) >= 11 is 3.32. The van der Waals surface area contributed by atoms with E-state index < -0.39 is 5.60 Å². The van der Waals surface area contributed by atoms with Gasteiger partial charge >= 0.3 is 0 Å². The van der Waals surface area contributed by atoms with E-state index in [1.807, 2.05) is 13.8 Å². The minimum absolute atomic E-state index is 0.108. The first kappa shape index (κ1) is 15.3. The van der Waals surface area contributed by atoms with Crippen LogP contribution in [0.3, 0.4) is 0 Å². The van der Waals surface area contributed by atoms with Crippen molar-refractivity contribution < 1.29 is 14.6 Å². The Morgan fingerprint density at radius 2 is 2.30 bits per heavy atom. The van der Waals surface area contributed by atoms with Gasteiger partial charge in [0.2, 0.25) is 0 Å². The van der Waals surface area contributed by atoms with Crippen molar-refractivity contribution in [2.75, 3.05) is 25.4 Å². The highest BCUT2D eigenvalue weighted by atomic mass is 79.9. The molecule has 1 amide bonds. The molecule has 110 valence electrons. The lowest BCUT2D eigenvalue weighted by Gasteiger charge is -2.42. The summed E-state index contributed by atoms with van der Waals surface area (Å²) in [6, 6.07) is 5.21.